The van der Waals surface area contributed by atoms with E-state index in [4.69, 9.17) is 0 Å². The molecule has 0 aliphatic heterocycles. The quantitative estimate of drug-likeness (QED) is 0.712. The average Bonchev–Trinajstić information content (AvgIpc) is 2.92. The Labute approximate surface area is 149 Å². The molecule has 0 spiro atoms. The predicted molar refractivity (Wildman–Crippen MR) is 99.5 cm³/mol. The van der Waals surface area contributed by atoms with Crippen LogP contribution in [0.2, 0.25) is 0 Å². The Morgan fingerprint density at radius 1 is 1.25 bits per heavy atom. The van der Waals surface area contributed by atoms with Crippen LogP contribution >= 0.6 is 15.9 Å². The van der Waals surface area contributed by atoms with E-state index in [1.165, 1.54) is 0 Å². The summed E-state index contributed by atoms with van der Waals surface area (Å²) in [5.74, 6) is -0.153. The van der Waals surface area contributed by atoms with Crippen LogP contribution in [0.25, 0.3) is 11.0 Å². The third-order valence-corrected chi connectivity index (χ3v) is 4.36. The van der Waals surface area contributed by atoms with Crippen LogP contribution in [0.15, 0.2) is 34.9 Å². The monoisotopic (exact) mass is 386 g/mol. The second kappa shape index (κ2) is 6.36. The molecule has 0 saturated heterocycles. The summed E-state index contributed by atoms with van der Waals surface area (Å²) in [7, 11) is 0. The van der Waals surface area contributed by atoms with Gasteiger partial charge in [0.2, 0.25) is 0 Å². The van der Waals surface area contributed by atoms with Gasteiger partial charge in [0.25, 0.3) is 5.91 Å². The Kier molecular flexibility index (Phi) is 4.41. The van der Waals surface area contributed by atoms with Gasteiger partial charge in [0, 0.05) is 21.9 Å². The van der Waals surface area contributed by atoms with Crippen LogP contribution in [-0.4, -0.2) is 20.7 Å². The number of anilines is 1. The maximum atomic E-state index is 12.8. The van der Waals surface area contributed by atoms with E-state index >= 15 is 0 Å². The highest BCUT2D eigenvalue weighted by Crippen LogP contribution is 2.24. The number of hydrogen-bond acceptors (Lipinski definition) is 3. The molecule has 1 aromatic carbocycles. The molecular formula is C18H19BrN4O. The van der Waals surface area contributed by atoms with E-state index in [-0.39, 0.29) is 11.9 Å². The summed E-state index contributed by atoms with van der Waals surface area (Å²) in [4.78, 5) is 17.4. The normalized spacial score (nSPS) is 11.2. The van der Waals surface area contributed by atoms with Crippen LogP contribution in [-0.2, 0) is 0 Å². The predicted octanol–water partition coefficient (Wildman–Crippen LogP) is 4.64. The van der Waals surface area contributed by atoms with Gasteiger partial charge in [0.1, 0.15) is 0 Å². The minimum absolute atomic E-state index is 0.153. The molecule has 0 saturated carbocycles. The van der Waals surface area contributed by atoms with Gasteiger partial charge in [-0.25, -0.2) is 9.67 Å². The van der Waals surface area contributed by atoms with Gasteiger partial charge in [0.05, 0.1) is 17.1 Å². The number of amides is 1. The fraction of sp³-hybridized carbons (Fsp3) is 0.278. The Morgan fingerprint density at radius 2 is 2.00 bits per heavy atom. The smallest absolute Gasteiger partial charge is 0.256 e. The maximum absolute atomic E-state index is 12.8. The van der Waals surface area contributed by atoms with Crippen molar-refractivity contribution in [1.82, 2.24) is 14.8 Å². The SMILES string of the molecule is Cc1cc(C(=O)Nc2ccc(Br)cc2C)c2cnn(C(C)C)c2n1. The van der Waals surface area contributed by atoms with Gasteiger partial charge >= 0.3 is 0 Å². The fourth-order valence-corrected chi connectivity index (χ4v) is 3.14. The Bertz CT molecular complexity index is 930. The molecule has 124 valence electrons. The molecule has 0 unspecified atom stereocenters. The fourth-order valence-electron chi connectivity index (χ4n) is 2.67. The van der Waals surface area contributed by atoms with Gasteiger partial charge in [-0.05, 0) is 57.5 Å². The number of benzene rings is 1. The molecule has 1 N–H and O–H groups in total. The number of aromatic nitrogens is 3. The average molecular weight is 387 g/mol. The van der Waals surface area contributed by atoms with Crippen LogP contribution in [0.1, 0.15) is 41.5 Å². The zero-order valence-electron chi connectivity index (χ0n) is 14.1. The number of pyridine rings is 1. The Morgan fingerprint density at radius 3 is 2.67 bits per heavy atom. The summed E-state index contributed by atoms with van der Waals surface area (Å²) in [5, 5.41) is 8.14. The van der Waals surface area contributed by atoms with Crippen LogP contribution in [0.5, 0.6) is 0 Å². The molecular weight excluding hydrogens is 368 g/mol. The second-order valence-corrected chi connectivity index (χ2v) is 7.06. The van der Waals surface area contributed by atoms with E-state index in [0.29, 0.717) is 5.56 Å². The van der Waals surface area contributed by atoms with Crippen molar-refractivity contribution in [2.45, 2.75) is 33.7 Å². The first-order valence-corrected chi connectivity index (χ1v) is 8.58. The van der Waals surface area contributed by atoms with Crippen molar-refractivity contribution in [2.24, 2.45) is 0 Å². The van der Waals surface area contributed by atoms with E-state index in [1.54, 1.807) is 12.3 Å². The molecule has 0 fully saturated rings. The van der Waals surface area contributed by atoms with Crippen LogP contribution in [0.3, 0.4) is 0 Å². The number of aryl methyl sites for hydroxylation is 2. The van der Waals surface area contributed by atoms with Crippen molar-refractivity contribution in [2.75, 3.05) is 5.32 Å². The third kappa shape index (κ3) is 3.06. The number of halogens is 1. The van der Waals surface area contributed by atoms with Crippen LogP contribution in [0, 0.1) is 13.8 Å². The van der Waals surface area contributed by atoms with Crippen molar-refractivity contribution < 1.29 is 4.79 Å². The first-order valence-electron chi connectivity index (χ1n) is 7.79. The molecule has 0 aliphatic rings. The lowest BCUT2D eigenvalue weighted by Crippen LogP contribution is -2.14. The number of hydrogen-bond donors (Lipinski definition) is 1. The number of carbonyl (C=O) groups excluding carboxylic acids is 1. The number of fused-ring (bicyclic) bond motifs is 1. The lowest BCUT2D eigenvalue weighted by atomic mass is 10.1. The summed E-state index contributed by atoms with van der Waals surface area (Å²) >= 11 is 3.43. The molecule has 6 heteroatoms. The molecule has 3 aromatic rings. The van der Waals surface area contributed by atoms with E-state index in [2.05, 4.69) is 31.3 Å². The van der Waals surface area contributed by atoms with Crippen LogP contribution in [0.4, 0.5) is 5.69 Å². The van der Waals surface area contributed by atoms with Crippen LogP contribution < -0.4 is 5.32 Å². The Balaban J connectivity index is 2.03. The topological polar surface area (TPSA) is 59.8 Å². The molecule has 0 atom stereocenters. The lowest BCUT2D eigenvalue weighted by Gasteiger charge is -2.11. The maximum Gasteiger partial charge on any atom is 0.256 e. The van der Waals surface area contributed by atoms with Gasteiger partial charge in [-0.1, -0.05) is 15.9 Å². The van der Waals surface area contributed by atoms with Crippen molar-refractivity contribution in [3.8, 4) is 0 Å². The van der Waals surface area contributed by atoms with Gasteiger partial charge in [-0.2, -0.15) is 5.10 Å². The number of rotatable bonds is 3. The molecule has 5 nitrogen and oxygen atoms in total. The first kappa shape index (κ1) is 16.6. The molecule has 0 radical (unpaired) electrons. The second-order valence-electron chi connectivity index (χ2n) is 6.14. The summed E-state index contributed by atoms with van der Waals surface area (Å²) < 4.78 is 2.82. The molecule has 0 aliphatic carbocycles. The van der Waals surface area contributed by atoms with Crippen molar-refractivity contribution in [3.05, 3.63) is 51.8 Å². The van der Waals surface area contributed by atoms with E-state index in [0.717, 1.165) is 32.5 Å². The number of nitrogens with zero attached hydrogens (tertiary/aromatic N) is 3. The zero-order chi connectivity index (χ0) is 17.4. The Hall–Kier alpha value is -2.21. The third-order valence-electron chi connectivity index (χ3n) is 3.87. The molecule has 24 heavy (non-hydrogen) atoms. The number of carbonyl (C=O) groups is 1. The van der Waals surface area contributed by atoms with Gasteiger partial charge in [0.15, 0.2) is 5.65 Å². The minimum atomic E-state index is -0.153. The first-order chi connectivity index (χ1) is 11.4. The summed E-state index contributed by atoms with van der Waals surface area (Å²) in [5.41, 5.74) is 3.91. The molecule has 2 aromatic heterocycles. The molecule has 2 heterocycles. The molecule has 0 bridgehead atoms. The minimum Gasteiger partial charge on any atom is -0.322 e. The van der Waals surface area contributed by atoms with Gasteiger partial charge < -0.3 is 5.32 Å². The van der Waals surface area contributed by atoms with E-state index in [1.807, 2.05) is 50.6 Å². The van der Waals surface area contributed by atoms with E-state index in [9.17, 15) is 4.79 Å². The van der Waals surface area contributed by atoms with Crippen molar-refractivity contribution >= 4 is 38.6 Å². The highest BCUT2D eigenvalue weighted by molar-refractivity contribution is 9.10. The van der Waals surface area contributed by atoms with Gasteiger partial charge in [-0.3, -0.25) is 4.79 Å². The lowest BCUT2D eigenvalue weighted by molar-refractivity contribution is 0.102. The van der Waals surface area contributed by atoms with E-state index < -0.39 is 0 Å². The molecule has 1 amide bonds. The largest absolute Gasteiger partial charge is 0.322 e. The summed E-state index contributed by atoms with van der Waals surface area (Å²) in [6.45, 7) is 7.94. The van der Waals surface area contributed by atoms with Crippen molar-refractivity contribution in [3.63, 3.8) is 0 Å². The summed E-state index contributed by atoms with van der Waals surface area (Å²) in [6.07, 6.45) is 1.71. The highest BCUT2D eigenvalue weighted by atomic mass is 79.9. The zero-order valence-corrected chi connectivity index (χ0v) is 15.7. The number of nitrogens with one attached hydrogen (secondary N) is 1. The molecule has 3 rings (SSSR count). The highest BCUT2D eigenvalue weighted by Gasteiger charge is 2.17. The van der Waals surface area contributed by atoms with Crippen molar-refractivity contribution in [1.29, 1.82) is 0 Å². The summed E-state index contributed by atoms with van der Waals surface area (Å²) in [6, 6.07) is 7.76. The van der Waals surface area contributed by atoms with Gasteiger partial charge in [-0.15, -0.1) is 0 Å². The standard InChI is InChI=1S/C18H19BrN4O/c1-10(2)23-17-15(9-20-23)14(8-12(4)21-17)18(24)22-16-6-5-13(19)7-11(16)3/h5-10H,1-4H3,(H,22,24).